The Morgan fingerprint density at radius 2 is 2.00 bits per heavy atom. The highest BCUT2D eigenvalue weighted by Crippen LogP contribution is 2.09. The monoisotopic (exact) mass is 400 g/mol. The van der Waals surface area contributed by atoms with Crippen LogP contribution in [-0.2, 0) is 11.3 Å². The summed E-state index contributed by atoms with van der Waals surface area (Å²) in [7, 11) is 0. The first kappa shape index (κ1) is 21.3. The number of ether oxygens (including phenoxy) is 1. The zero-order valence-electron chi connectivity index (χ0n) is 17.3. The molecule has 29 heavy (non-hydrogen) atoms. The third kappa shape index (κ3) is 6.85. The van der Waals surface area contributed by atoms with Crippen LogP contribution in [0.5, 0.6) is 0 Å². The minimum absolute atomic E-state index is 0.416. The highest BCUT2D eigenvalue weighted by Gasteiger charge is 2.25. The molecule has 0 amide bonds. The number of aromatic nitrogens is 2. The van der Waals surface area contributed by atoms with E-state index < -0.39 is 5.60 Å². The minimum Gasteiger partial charge on any atom is -0.387 e. The maximum absolute atomic E-state index is 10.8. The van der Waals surface area contributed by atoms with Crippen molar-refractivity contribution in [2.75, 3.05) is 45.9 Å². The molecular weight excluding hydrogens is 368 g/mol. The van der Waals surface area contributed by atoms with Crippen LogP contribution >= 0.6 is 0 Å². The van der Waals surface area contributed by atoms with Gasteiger partial charge in [-0.3, -0.25) is 4.90 Å². The van der Waals surface area contributed by atoms with Crippen molar-refractivity contribution in [1.29, 1.82) is 0 Å². The molecule has 0 spiro atoms. The Morgan fingerprint density at radius 3 is 2.72 bits per heavy atom. The highest BCUT2D eigenvalue weighted by molar-refractivity contribution is 5.79. The predicted octanol–water partition coefficient (Wildman–Crippen LogP) is 1.01. The van der Waals surface area contributed by atoms with Gasteiger partial charge in [-0.15, -0.1) is 0 Å². The van der Waals surface area contributed by atoms with E-state index in [1.807, 2.05) is 61.3 Å². The van der Waals surface area contributed by atoms with Crippen LogP contribution < -0.4 is 10.6 Å². The Hall–Kier alpha value is -2.42. The number of rotatable bonds is 8. The van der Waals surface area contributed by atoms with Crippen molar-refractivity contribution in [2.45, 2.75) is 26.0 Å². The lowest BCUT2D eigenvalue weighted by Gasteiger charge is -2.34. The van der Waals surface area contributed by atoms with Gasteiger partial charge in [0, 0.05) is 44.5 Å². The molecule has 1 aliphatic heterocycles. The van der Waals surface area contributed by atoms with E-state index in [-0.39, 0.29) is 0 Å². The van der Waals surface area contributed by atoms with Crippen molar-refractivity contribution in [3.05, 3.63) is 48.3 Å². The van der Waals surface area contributed by atoms with Crippen LogP contribution in [0.4, 0.5) is 0 Å². The van der Waals surface area contributed by atoms with E-state index in [9.17, 15) is 5.11 Å². The van der Waals surface area contributed by atoms with Gasteiger partial charge >= 0.3 is 0 Å². The molecule has 1 aliphatic rings. The van der Waals surface area contributed by atoms with Crippen molar-refractivity contribution >= 4 is 5.96 Å². The fourth-order valence-corrected chi connectivity index (χ4v) is 3.25. The van der Waals surface area contributed by atoms with E-state index in [4.69, 9.17) is 4.74 Å². The van der Waals surface area contributed by atoms with Gasteiger partial charge in [-0.1, -0.05) is 18.2 Å². The first-order valence-electron chi connectivity index (χ1n) is 10.2. The molecule has 3 N–H and O–H groups in total. The number of β-amino-alcohol motifs (C(OH)–C–C–N with tert-alkyl or cyclic N) is 1. The molecule has 1 aromatic heterocycles. The maximum atomic E-state index is 10.8. The molecule has 0 saturated carbocycles. The number of nitrogens with one attached hydrogen (secondary N) is 2. The Balaban J connectivity index is 1.54. The quantitative estimate of drug-likeness (QED) is 0.453. The lowest BCUT2D eigenvalue weighted by Crippen LogP contribution is -2.52. The Morgan fingerprint density at radius 1 is 1.24 bits per heavy atom. The summed E-state index contributed by atoms with van der Waals surface area (Å²) in [5.74, 6) is 0.683. The van der Waals surface area contributed by atoms with Gasteiger partial charge in [0.05, 0.1) is 37.2 Å². The first-order valence-corrected chi connectivity index (χ1v) is 10.2. The number of morpholine rings is 1. The standard InChI is InChI=1S/C21H32N6O2/c1-3-22-20(24-16-21(2,28)17-26-9-11-29-12-10-26)23-13-18-14-25-27(15-18)19-7-5-4-6-8-19/h4-8,14-15,28H,3,9-13,16-17H2,1-2H3,(H2,22,23,24). The molecule has 0 bridgehead atoms. The normalized spacial score (nSPS) is 17.7. The van der Waals surface area contributed by atoms with Crippen LogP contribution in [0.3, 0.4) is 0 Å². The summed E-state index contributed by atoms with van der Waals surface area (Å²) in [5, 5.41) is 21.7. The molecule has 8 nitrogen and oxygen atoms in total. The topological polar surface area (TPSA) is 86.9 Å². The summed E-state index contributed by atoms with van der Waals surface area (Å²) in [6, 6.07) is 10.0. The summed E-state index contributed by atoms with van der Waals surface area (Å²) in [6.07, 6.45) is 3.81. The average Bonchev–Trinajstić information content (AvgIpc) is 3.20. The third-order valence-corrected chi connectivity index (χ3v) is 4.73. The van der Waals surface area contributed by atoms with Gasteiger partial charge in [0.15, 0.2) is 5.96 Å². The van der Waals surface area contributed by atoms with Crippen LogP contribution in [0, 0.1) is 0 Å². The zero-order valence-corrected chi connectivity index (χ0v) is 17.3. The molecule has 1 saturated heterocycles. The number of benzene rings is 1. The second-order valence-electron chi connectivity index (χ2n) is 7.56. The third-order valence-electron chi connectivity index (χ3n) is 4.73. The van der Waals surface area contributed by atoms with Crippen molar-refractivity contribution in [3.8, 4) is 5.69 Å². The van der Waals surface area contributed by atoms with E-state index in [2.05, 4.69) is 25.6 Å². The zero-order chi connectivity index (χ0) is 20.5. The van der Waals surface area contributed by atoms with Crippen LogP contribution in [-0.4, -0.2) is 77.3 Å². The number of hydrogen-bond donors (Lipinski definition) is 3. The molecule has 1 atom stereocenters. The van der Waals surface area contributed by atoms with Gasteiger partial charge in [-0.25, -0.2) is 9.67 Å². The van der Waals surface area contributed by atoms with Crippen molar-refractivity contribution in [2.24, 2.45) is 4.99 Å². The molecule has 158 valence electrons. The molecule has 0 radical (unpaired) electrons. The SMILES string of the molecule is CCNC(=NCc1cnn(-c2ccccc2)c1)NCC(C)(O)CN1CCOCC1. The molecule has 2 heterocycles. The number of nitrogens with zero attached hydrogens (tertiary/aromatic N) is 4. The highest BCUT2D eigenvalue weighted by atomic mass is 16.5. The van der Waals surface area contributed by atoms with Gasteiger partial charge in [0.1, 0.15) is 0 Å². The van der Waals surface area contributed by atoms with E-state index >= 15 is 0 Å². The van der Waals surface area contributed by atoms with Gasteiger partial charge < -0.3 is 20.5 Å². The van der Waals surface area contributed by atoms with Crippen LogP contribution in [0.15, 0.2) is 47.7 Å². The smallest absolute Gasteiger partial charge is 0.191 e. The van der Waals surface area contributed by atoms with E-state index in [1.54, 1.807) is 0 Å². The lowest BCUT2D eigenvalue weighted by molar-refractivity contribution is -0.0201. The fraction of sp³-hybridized carbons (Fsp3) is 0.524. The maximum Gasteiger partial charge on any atom is 0.191 e. The molecule has 2 aromatic rings. The molecule has 0 aliphatic carbocycles. The predicted molar refractivity (Wildman–Crippen MR) is 114 cm³/mol. The largest absolute Gasteiger partial charge is 0.387 e. The Labute approximate surface area is 172 Å². The number of aliphatic imine (C=N–C) groups is 1. The molecule has 3 rings (SSSR count). The minimum atomic E-state index is -0.855. The van der Waals surface area contributed by atoms with Crippen molar-refractivity contribution in [1.82, 2.24) is 25.3 Å². The Kier molecular flexibility index (Phi) is 7.62. The molecule has 1 fully saturated rings. The van der Waals surface area contributed by atoms with Crippen molar-refractivity contribution < 1.29 is 9.84 Å². The fourth-order valence-electron chi connectivity index (χ4n) is 3.25. The van der Waals surface area contributed by atoms with Crippen molar-refractivity contribution in [3.63, 3.8) is 0 Å². The van der Waals surface area contributed by atoms with Gasteiger partial charge in [-0.05, 0) is 26.0 Å². The number of para-hydroxylation sites is 1. The second kappa shape index (κ2) is 10.4. The summed E-state index contributed by atoms with van der Waals surface area (Å²) >= 11 is 0. The summed E-state index contributed by atoms with van der Waals surface area (Å²) in [6.45, 7) is 9.32. The van der Waals surface area contributed by atoms with E-state index in [0.717, 1.165) is 44.1 Å². The van der Waals surface area contributed by atoms with Crippen LogP contribution in [0.1, 0.15) is 19.4 Å². The van der Waals surface area contributed by atoms with Crippen LogP contribution in [0.25, 0.3) is 5.69 Å². The molecule has 8 heteroatoms. The number of aliphatic hydroxyl groups is 1. The van der Waals surface area contributed by atoms with Crippen LogP contribution in [0.2, 0.25) is 0 Å². The van der Waals surface area contributed by atoms with E-state index in [0.29, 0.717) is 25.6 Å². The lowest BCUT2D eigenvalue weighted by atomic mass is 10.1. The van der Waals surface area contributed by atoms with Gasteiger partial charge in [0.25, 0.3) is 0 Å². The van der Waals surface area contributed by atoms with Gasteiger partial charge in [0.2, 0.25) is 0 Å². The number of guanidine groups is 1. The van der Waals surface area contributed by atoms with E-state index in [1.165, 1.54) is 0 Å². The molecule has 1 aromatic carbocycles. The average molecular weight is 401 g/mol. The summed E-state index contributed by atoms with van der Waals surface area (Å²) < 4.78 is 7.22. The molecular formula is C21H32N6O2. The first-order chi connectivity index (χ1) is 14.1. The summed E-state index contributed by atoms with van der Waals surface area (Å²) in [4.78, 5) is 6.87. The Bertz CT molecular complexity index is 768. The molecule has 1 unspecified atom stereocenters. The summed E-state index contributed by atoms with van der Waals surface area (Å²) in [5.41, 5.74) is 1.18. The van der Waals surface area contributed by atoms with Gasteiger partial charge in [-0.2, -0.15) is 5.10 Å². The second-order valence-corrected chi connectivity index (χ2v) is 7.56. The number of hydrogen-bond acceptors (Lipinski definition) is 5.